The first-order valence-corrected chi connectivity index (χ1v) is 6.47. The molecule has 3 rings (SSSR count). The molecule has 1 N–H and O–H groups in total. The Morgan fingerprint density at radius 2 is 1.86 bits per heavy atom. The maximum atomic E-state index is 12.6. The SMILES string of the molecule is Cn1nc(-c2ccc(C(F)(F)F)cc2)c2c1CN(C(=O)O)C2. The van der Waals surface area contributed by atoms with Crippen molar-refractivity contribution in [2.24, 2.45) is 7.05 Å². The molecule has 0 bridgehead atoms. The second-order valence-corrected chi connectivity index (χ2v) is 5.11. The van der Waals surface area contributed by atoms with Crippen molar-refractivity contribution in [3.8, 4) is 11.3 Å². The summed E-state index contributed by atoms with van der Waals surface area (Å²) in [5.41, 5.74) is 1.84. The highest BCUT2D eigenvalue weighted by Crippen LogP contribution is 2.34. The first-order chi connectivity index (χ1) is 10.3. The van der Waals surface area contributed by atoms with Crippen LogP contribution in [0.3, 0.4) is 0 Å². The molecule has 0 radical (unpaired) electrons. The van der Waals surface area contributed by atoms with Crippen molar-refractivity contribution in [3.05, 3.63) is 41.1 Å². The van der Waals surface area contributed by atoms with E-state index < -0.39 is 17.8 Å². The van der Waals surface area contributed by atoms with Crippen molar-refractivity contribution in [2.45, 2.75) is 19.3 Å². The highest BCUT2D eigenvalue weighted by Gasteiger charge is 2.32. The highest BCUT2D eigenvalue weighted by molar-refractivity contribution is 5.70. The minimum Gasteiger partial charge on any atom is -0.465 e. The van der Waals surface area contributed by atoms with Gasteiger partial charge in [-0.15, -0.1) is 0 Å². The van der Waals surface area contributed by atoms with Gasteiger partial charge in [0.1, 0.15) is 0 Å². The molecule has 8 heteroatoms. The van der Waals surface area contributed by atoms with Crippen LogP contribution in [0.25, 0.3) is 11.3 Å². The third-order valence-electron chi connectivity index (χ3n) is 3.72. The smallest absolute Gasteiger partial charge is 0.416 e. The molecule has 1 aliphatic rings. The molecule has 0 unspecified atom stereocenters. The van der Waals surface area contributed by atoms with E-state index in [1.54, 1.807) is 11.7 Å². The average Bonchev–Trinajstić information content (AvgIpc) is 2.99. The zero-order valence-electron chi connectivity index (χ0n) is 11.6. The Balaban J connectivity index is 1.98. The van der Waals surface area contributed by atoms with E-state index in [9.17, 15) is 18.0 Å². The van der Waals surface area contributed by atoms with Crippen molar-refractivity contribution in [1.29, 1.82) is 0 Å². The Hall–Kier alpha value is -2.51. The molecule has 22 heavy (non-hydrogen) atoms. The molecular weight excluding hydrogens is 299 g/mol. The lowest BCUT2D eigenvalue weighted by Crippen LogP contribution is -2.23. The first-order valence-electron chi connectivity index (χ1n) is 6.47. The quantitative estimate of drug-likeness (QED) is 0.880. The Morgan fingerprint density at radius 3 is 2.41 bits per heavy atom. The van der Waals surface area contributed by atoms with Crippen LogP contribution in [-0.4, -0.2) is 25.9 Å². The molecule has 0 aliphatic carbocycles. The number of aryl methyl sites for hydroxylation is 1. The Kier molecular flexibility index (Phi) is 3.12. The lowest BCUT2D eigenvalue weighted by Gasteiger charge is -2.11. The van der Waals surface area contributed by atoms with Gasteiger partial charge in [-0.3, -0.25) is 9.58 Å². The lowest BCUT2D eigenvalue weighted by atomic mass is 10.1. The molecule has 0 atom stereocenters. The van der Waals surface area contributed by atoms with Crippen LogP contribution in [0.15, 0.2) is 24.3 Å². The third-order valence-corrected chi connectivity index (χ3v) is 3.72. The Morgan fingerprint density at radius 1 is 1.23 bits per heavy atom. The summed E-state index contributed by atoms with van der Waals surface area (Å²) in [6.07, 6.45) is -5.42. The van der Waals surface area contributed by atoms with E-state index >= 15 is 0 Å². The van der Waals surface area contributed by atoms with Crippen LogP contribution in [0.2, 0.25) is 0 Å². The van der Waals surface area contributed by atoms with E-state index in [-0.39, 0.29) is 13.1 Å². The lowest BCUT2D eigenvalue weighted by molar-refractivity contribution is -0.137. The molecule has 0 spiro atoms. The summed E-state index contributed by atoms with van der Waals surface area (Å²) >= 11 is 0. The van der Waals surface area contributed by atoms with Crippen molar-refractivity contribution >= 4 is 6.09 Å². The van der Waals surface area contributed by atoms with Crippen LogP contribution in [0.5, 0.6) is 0 Å². The van der Waals surface area contributed by atoms with Gasteiger partial charge in [0.05, 0.1) is 30.0 Å². The first kappa shape index (κ1) is 14.4. The largest absolute Gasteiger partial charge is 0.465 e. The molecule has 1 aliphatic heterocycles. The van der Waals surface area contributed by atoms with Crippen LogP contribution in [-0.2, 0) is 26.3 Å². The number of benzene rings is 1. The molecule has 2 heterocycles. The summed E-state index contributed by atoms with van der Waals surface area (Å²) in [5.74, 6) is 0. The monoisotopic (exact) mass is 311 g/mol. The van der Waals surface area contributed by atoms with Gasteiger partial charge >= 0.3 is 12.3 Å². The van der Waals surface area contributed by atoms with Crippen LogP contribution < -0.4 is 0 Å². The summed E-state index contributed by atoms with van der Waals surface area (Å²) < 4.78 is 39.4. The number of carboxylic acid groups (broad SMARTS) is 1. The van der Waals surface area contributed by atoms with Crippen molar-refractivity contribution in [1.82, 2.24) is 14.7 Å². The molecular formula is C14H12F3N3O2. The van der Waals surface area contributed by atoms with Crippen molar-refractivity contribution in [3.63, 3.8) is 0 Å². The molecule has 5 nitrogen and oxygen atoms in total. The number of halogens is 3. The minimum atomic E-state index is -4.38. The number of alkyl halides is 3. The zero-order chi connectivity index (χ0) is 16.1. The highest BCUT2D eigenvalue weighted by atomic mass is 19.4. The van der Waals surface area contributed by atoms with E-state index in [0.717, 1.165) is 23.4 Å². The Labute approximate surface area is 123 Å². The number of fused-ring (bicyclic) bond motifs is 1. The molecule has 1 aromatic carbocycles. The zero-order valence-corrected chi connectivity index (χ0v) is 11.6. The normalized spacial score (nSPS) is 14.3. The summed E-state index contributed by atoms with van der Waals surface area (Å²) in [6, 6.07) is 4.71. The number of amides is 1. The van der Waals surface area contributed by atoms with Gasteiger partial charge < -0.3 is 5.11 Å². The van der Waals surface area contributed by atoms with Gasteiger partial charge in [0.2, 0.25) is 0 Å². The predicted octanol–water partition coefficient (Wildman–Crippen LogP) is 3.10. The molecule has 1 amide bonds. The number of hydrogen-bond donors (Lipinski definition) is 1. The fourth-order valence-electron chi connectivity index (χ4n) is 2.58. The molecule has 116 valence electrons. The summed E-state index contributed by atoms with van der Waals surface area (Å²) in [6.45, 7) is 0.420. The summed E-state index contributed by atoms with van der Waals surface area (Å²) in [7, 11) is 1.69. The topological polar surface area (TPSA) is 58.4 Å². The number of aromatic nitrogens is 2. The van der Waals surface area contributed by atoms with Gasteiger partial charge in [-0.25, -0.2) is 4.79 Å². The molecule has 0 saturated heterocycles. The molecule has 1 aromatic heterocycles. The fraction of sp³-hybridized carbons (Fsp3) is 0.286. The van der Waals surface area contributed by atoms with Crippen LogP contribution in [0, 0.1) is 0 Å². The Bertz CT molecular complexity index is 735. The van der Waals surface area contributed by atoms with Gasteiger partial charge in [0, 0.05) is 18.2 Å². The fourth-order valence-corrected chi connectivity index (χ4v) is 2.58. The van der Waals surface area contributed by atoms with Gasteiger partial charge in [0.15, 0.2) is 0 Å². The second-order valence-electron chi connectivity index (χ2n) is 5.11. The van der Waals surface area contributed by atoms with Gasteiger partial charge in [-0.2, -0.15) is 18.3 Å². The van der Waals surface area contributed by atoms with E-state index in [0.29, 0.717) is 11.3 Å². The van der Waals surface area contributed by atoms with Gasteiger partial charge in [-0.05, 0) is 12.1 Å². The van der Waals surface area contributed by atoms with E-state index in [1.807, 2.05) is 0 Å². The van der Waals surface area contributed by atoms with Crippen LogP contribution >= 0.6 is 0 Å². The van der Waals surface area contributed by atoms with E-state index in [2.05, 4.69) is 5.10 Å². The third kappa shape index (κ3) is 2.30. The average molecular weight is 311 g/mol. The van der Waals surface area contributed by atoms with E-state index in [4.69, 9.17) is 5.11 Å². The molecule has 0 saturated carbocycles. The van der Waals surface area contributed by atoms with E-state index in [1.165, 1.54) is 17.0 Å². The van der Waals surface area contributed by atoms with Gasteiger partial charge in [-0.1, -0.05) is 12.1 Å². The standard InChI is InChI=1S/C14H12F3N3O2/c1-19-11-7-20(13(21)22)6-10(11)12(18-19)8-2-4-9(5-3-8)14(15,16)17/h2-5H,6-7H2,1H3,(H,21,22). The van der Waals surface area contributed by atoms with Crippen molar-refractivity contribution in [2.75, 3.05) is 0 Å². The molecule has 0 fully saturated rings. The molecule has 2 aromatic rings. The summed E-state index contributed by atoms with van der Waals surface area (Å²) in [5, 5.41) is 13.4. The number of rotatable bonds is 1. The number of hydrogen-bond acceptors (Lipinski definition) is 2. The maximum Gasteiger partial charge on any atom is 0.416 e. The van der Waals surface area contributed by atoms with Gasteiger partial charge in [0.25, 0.3) is 0 Å². The number of nitrogens with zero attached hydrogens (tertiary/aromatic N) is 3. The minimum absolute atomic E-state index is 0.189. The van der Waals surface area contributed by atoms with Crippen molar-refractivity contribution < 1.29 is 23.1 Å². The predicted molar refractivity (Wildman–Crippen MR) is 70.9 cm³/mol. The summed E-state index contributed by atoms with van der Waals surface area (Å²) in [4.78, 5) is 12.3. The maximum absolute atomic E-state index is 12.6. The number of carbonyl (C=O) groups is 1. The van der Waals surface area contributed by atoms with Crippen LogP contribution in [0.1, 0.15) is 16.8 Å². The second kappa shape index (κ2) is 4.75. The van der Waals surface area contributed by atoms with Crippen LogP contribution in [0.4, 0.5) is 18.0 Å².